The Balaban J connectivity index is 1.23. The van der Waals surface area contributed by atoms with Crippen LogP contribution in [0.4, 0.5) is 17.6 Å². The van der Waals surface area contributed by atoms with Gasteiger partial charge < -0.3 is 0 Å². The van der Waals surface area contributed by atoms with E-state index >= 15 is 13.2 Å². The number of fused-ring (bicyclic) bond motifs is 1. The van der Waals surface area contributed by atoms with Gasteiger partial charge in [0.05, 0.1) is 11.6 Å². The molecule has 0 heterocycles. The molecule has 1 nitrogen and oxygen atoms in total. The van der Waals surface area contributed by atoms with Gasteiger partial charge in [-0.05, 0) is 134 Å². The van der Waals surface area contributed by atoms with Crippen LogP contribution in [0.5, 0.6) is 0 Å². The third-order valence-corrected chi connectivity index (χ3v) is 9.51. The maximum Gasteiger partial charge on any atom is 0.165 e. The topological polar surface area (TPSA) is 23.8 Å². The Morgan fingerprint density at radius 3 is 2.20 bits per heavy atom. The van der Waals surface area contributed by atoms with Gasteiger partial charge in [-0.1, -0.05) is 44.0 Å². The zero-order valence-corrected chi connectivity index (χ0v) is 23.9. The number of halogens is 4. The van der Waals surface area contributed by atoms with E-state index in [9.17, 15) is 4.39 Å². The maximum atomic E-state index is 15.8. The van der Waals surface area contributed by atoms with Crippen molar-refractivity contribution >= 4 is 0 Å². The number of nitrogens with zero attached hydrogens (tertiary/aromatic N) is 1. The monoisotopic (exact) mass is 561 g/mol. The van der Waals surface area contributed by atoms with Crippen molar-refractivity contribution in [3.05, 3.63) is 105 Å². The summed E-state index contributed by atoms with van der Waals surface area (Å²) in [4.78, 5) is 0. The minimum absolute atomic E-state index is 0.0631. The van der Waals surface area contributed by atoms with E-state index in [1.54, 1.807) is 18.2 Å². The third kappa shape index (κ3) is 6.53. The van der Waals surface area contributed by atoms with E-state index < -0.39 is 17.5 Å². The molecular weight excluding hydrogens is 522 g/mol. The molecule has 5 heteroatoms. The summed E-state index contributed by atoms with van der Waals surface area (Å²) in [6.07, 6.45) is 9.49. The Kier molecular flexibility index (Phi) is 9.48. The molecule has 3 aromatic carbocycles. The lowest BCUT2D eigenvalue weighted by atomic mass is 9.73. The average Bonchev–Trinajstić information content (AvgIpc) is 3.00. The first kappa shape index (κ1) is 29.4. The third-order valence-electron chi connectivity index (χ3n) is 9.51. The number of benzene rings is 3. The molecule has 216 valence electrons. The molecule has 5 rings (SSSR count). The Labute approximate surface area is 241 Å². The van der Waals surface area contributed by atoms with E-state index in [-0.39, 0.29) is 41.1 Å². The van der Waals surface area contributed by atoms with Gasteiger partial charge in [-0.2, -0.15) is 5.26 Å². The molecule has 0 bridgehead atoms. The van der Waals surface area contributed by atoms with E-state index in [0.29, 0.717) is 55.2 Å². The number of unbranched alkanes of at least 4 members (excludes halogenated alkanes) is 2. The lowest BCUT2D eigenvalue weighted by Crippen LogP contribution is -2.22. The minimum atomic E-state index is -1.02. The molecule has 0 amide bonds. The minimum Gasteiger partial charge on any atom is -0.207 e. The maximum absolute atomic E-state index is 15.8. The molecule has 2 aliphatic rings. The van der Waals surface area contributed by atoms with Gasteiger partial charge in [0.25, 0.3) is 0 Å². The van der Waals surface area contributed by atoms with Crippen molar-refractivity contribution in [2.24, 2.45) is 5.92 Å². The van der Waals surface area contributed by atoms with E-state index in [4.69, 9.17) is 5.26 Å². The van der Waals surface area contributed by atoms with Crippen molar-refractivity contribution < 1.29 is 17.6 Å². The molecule has 2 aliphatic carbocycles. The summed E-state index contributed by atoms with van der Waals surface area (Å²) in [6, 6.07) is 15.1. The number of nitriles is 1. The fourth-order valence-corrected chi connectivity index (χ4v) is 7.03. The second kappa shape index (κ2) is 13.2. The zero-order valence-electron chi connectivity index (χ0n) is 23.9. The molecule has 41 heavy (non-hydrogen) atoms. The summed E-state index contributed by atoms with van der Waals surface area (Å²) in [5, 5.41) is 9.03. The van der Waals surface area contributed by atoms with Crippen LogP contribution in [0.15, 0.2) is 42.5 Å². The van der Waals surface area contributed by atoms with Gasteiger partial charge in [-0.15, -0.1) is 0 Å². The summed E-state index contributed by atoms with van der Waals surface area (Å²) in [5.74, 6) is -2.66. The first-order valence-corrected chi connectivity index (χ1v) is 15.3. The number of rotatable bonds is 9. The highest BCUT2D eigenvalue weighted by Gasteiger charge is 2.34. The molecule has 1 fully saturated rings. The summed E-state index contributed by atoms with van der Waals surface area (Å²) in [7, 11) is 0. The molecular formula is C36H39F4N. The standard InChI is InChI=1S/C36H39F4N/c1-2-3-4-5-23-6-13-28(32(37)21-23)14-7-24-10-19-30-31(20-24)35(39)36(40)33(34(30)38)29-17-15-27(16-18-29)26-11-8-25(22-41)9-12-26/h6,8-9,11-13,21,24,27,29H,2-5,7,10,14-20H2,1H3. The van der Waals surface area contributed by atoms with Gasteiger partial charge in [0.2, 0.25) is 0 Å². The summed E-state index contributed by atoms with van der Waals surface area (Å²) in [6.45, 7) is 2.15. The van der Waals surface area contributed by atoms with Crippen LogP contribution in [0.1, 0.15) is 115 Å². The van der Waals surface area contributed by atoms with Crippen LogP contribution in [0.2, 0.25) is 0 Å². The fourth-order valence-electron chi connectivity index (χ4n) is 7.03. The lowest BCUT2D eigenvalue weighted by Gasteiger charge is -2.32. The van der Waals surface area contributed by atoms with Crippen molar-refractivity contribution in [1.29, 1.82) is 5.26 Å². The van der Waals surface area contributed by atoms with E-state index in [0.717, 1.165) is 49.7 Å². The highest BCUT2D eigenvalue weighted by Crippen LogP contribution is 2.44. The molecule has 3 aromatic rings. The van der Waals surface area contributed by atoms with Crippen LogP contribution in [0.3, 0.4) is 0 Å². The van der Waals surface area contributed by atoms with Crippen LogP contribution in [0.25, 0.3) is 0 Å². The second-order valence-corrected chi connectivity index (χ2v) is 12.1. The molecule has 0 aliphatic heterocycles. The summed E-state index contributed by atoms with van der Waals surface area (Å²) < 4.78 is 61.4. The van der Waals surface area contributed by atoms with Crippen molar-refractivity contribution in [1.82, 2.24) is 0 Å². The van der Waals surface area contributed by atoms with Gasteiger partial charge in [0.15, 0.2) is 11.6 Å². The van der Waals surface area contributed by atoms with Crippen LogP contribution in [-0.2, 0) is 25.7 Å². The van der Waals surface area contributed by atoms with Gasteiger partial charge >= 0.3 is 0 Å². The van der Waals surface area contributed by atoms with Gasteiger partial charge in [0, 0.05) is 5.56 Å². The van der Waals surface area contributed by atoms with Crippen LogP contribution in [-0.4, -0.2) is 0 Å². The number of aryl methyl sites for hydroxylation is 2. The Hall–Kier alpha value is -3.13. The first-order chi connectivity index (χ1) is 19.9. The molecule has 0 aromatic heterocycles. The zero-order chi connectivity index (χ0) is 28.9. The molecule has 0 radical (unpaired) electrons. The van der Waals surface area contributed by atoms with Crippen molar-refractivity contribution in [2.45, 2.75) is 102 Å². The number of hydrogen-bond donors (Lipinski definition) is 0. The predicted molar refractivity (Wildman–Crippen MR) is 155 cm³/mol. The molecule has 0 spiro atoms. The summed E-state index contributed by atoms with van der Waals surface area (Å²) in [5.41, 5.74) is 3.85. The molecule has 1 unspecified atom stereocenters. The average molecular weight is 562 g/mol. The smallest absolute Gasteiger partial charge is 0.165 e. The lowest BCUT2D eigenvalue weighted by molar-refractivity contribution is 0.354. The van der Waals surface area contributed by atoms with Gasteiger partial charge in [-0.3, -0.25) is 0 Å². The Bertz CT molecular complexity index is 1400. The van der Waals surface area contributed by atoms with Crippen molar-refractivity contribution in [3.8, 4) is 6.07 Å². The first-order valence-electron chi connectivity index (χ1n) is 15.3. The molecule has 1 saturated carbocycles. The van der Waals surface area contributed by atoms with Gasteiger partial charge in [-0.25, -0.2) is 17.6 Å². The summed E-state index contributed by atoms with van der Waals surface area (Å²) >= 11 is 0. The second-order valence-electron chi connectivity index (χ2n) is 12.1. The number of hydrogen-bond acceptors (Lipinski definition) is 1. The van der Waals surface area contributed by atoms with Gasteiger partial charge in [0.1, 0.15) is 11.6 Å². The highest BCUT2D eigenvalue weighted by atomic mass is 19.2. The van der Waals surface area contributed by atoms with E-state index in [1.165, 1.54) is 0 Å². The largest absolute Gasteiger partial charge is 0.207 e. The Morgan fingerprint density at radius 2 is 1.51 bits per heavy atom. The SMILES string of the molecule is CCCCCc1ccc(CCC2CCc3c(F)c(C4CCC(c5ccc(C#N)cc5)CC4)c(F)c(F)c3C2)c(F)c1. The highest BCUT2D eigenvalue weighted by molar-refractivity contribution is 5.41. The van der Waals surface area contributed by atoms with E-state index in [1.807, 2.05) is 24.3 Å². The predicted octanol–water partition coefficient (Wildman–Crippen LogP) is 10.0. The molecule has 0 saturated heterocycles. The fraction of sp³-hybridized carbons (Fsp3) is 0.472. The van der Waals surface area contributed by atoms with E-state index in [2.05, 4.69) is 13.0 Å². The van der Waals surface area contributed by atoms with Crippen molar-refractivity contribution in [2.75, 3.05) is 0 Å². The quantitative estimate of drug-likeness (QED) is 0.145. The molecule has 1 atom stereocenters. The van der Waals surface area contributed by atoms with Crippen LogP contribution in [0, 0.1) is 40.5 Å². The van der Waals surface area contributed by atoms with Crippen LogP contribution >= 0.6 is 0 Å². The van der Waals surface area contributed by atoms with Crippen LogP contribution < -0.4 is 0 Å². The van der Waals surface area contributed by atoms with Crippen molar-refractivity contribution in [3.63, 3.8) is 0 Å². The normalized spacial score (nSPS) is 20.4. The Morgan fingerprint density at radius 1 is 0.780 bits per heavy atom. The molecule has 0 N–H and O–H groups in total.